The lowest BCUT2D eigenvalue weighted by Crippen LogP contribution is -2.52. The minimum Gasteiger partial charge on any atom is -0.341 e. The van der Waals surface area contributed by atoms with Crippen molar-refractivity contribution in [3.05, 3.63) is 29.6 Å². The van der Waals surface area contributed by atoms with Crippen LogP contribution in [0.5, 0.6) is 0 Å². The standard InChI is InChI=1S/C14H19N3O/c1-16-7-4-14(5-8-16)10-17(2)13(18)11-9-15-6-3-12(11)14/h3,6,9H,4-5,7-8,10H2,1-2H3. The van der Waals surface area contributed by atoms with Crippen molar-refractivity contribution in [3.63, 3.8) is 0 Å². The molecule has 0 bridgehead atoms. The molecule has 1 spiro atoms. The third kappa shape index (κ3) is 1.63. The molecule has 0 saturated carbocycles. The summed E-state index contributed by atoms with van der Waals surface area (Å²) in [6.45, 7) is 3.05. The van der Waals surface area contributed by atoms with Gasteiger partial charge in [0.1, 0.15) is 0 Å². The molecule has 4 heteroatoms. The quantitative estimate of drug-likeness (QED) is 0.687. The number of likely N-dealkylation sites (N-methyl/N-ethyl adjacent to an activating group) is 1. The average molecular weight is 245 g/mol. The molecule has 4 nitrogen and oxygen atoms in total. The van der Waals surface area contributed by atoms with Gasteiger partial charge in [0, 0.05) is 31.4 Å². The second kappa shape index (κ2) is 4.05. The van der Waals surface area contributed by atoms with E-state index in [1.807, 2.05) is 24.2 Å². The number of nitrogens with zero attached hydrogens (tertiary/aromatic N) is 3. The molecule has 2 aliphatic rings. The van der Waals surface area contributed by atoms with Gasteiger partial charge in [-0.15, -0.1) is 0 Å². The number of hydrogen-bond donors (Lipinski definition) is 0. The van der Waals surface area contributed by atoms with Crippen molar-refractivity contribution in [3.8, 4) is 0 Å². The first-order valence-corrected chi connectivity index (χ1v) is 6.51. The number of carbonyl (C=O) groups excluding carboxylic acids is 1. The summed E-state index contributed by atoms with van der Waals surface area (Å²) in [5.74, 6) is 0.114. The molecular weight excluding hydrogens is 226 g/mol. The number of piperidine rings is 1. The van der Waals surface area contributed by atoms with E-state index in [2.05, 4.69) is 16.9 Å². The van der Waals surface area contributed by atoms with E-state index in [9.17, 15) is 4.79 Å². The molecular formula is C14H19N3O. The van der Waals surface area contributed by atoms with Gasteiger partial charge in [-0.05, 0) is 44.6 Å². The largest absolute Gasteiger partial charge is 0.341 e. The monoisotopic (exact) mass is 245 g/mol. The normalized spacial score (nSPS) is 23.2. The van der Waals surface area contributed by atoms with Crippen LogP contribution in [0.25, 0.3) is 0 Å². The molecule has 0 atom stereocenters. The van der Waals surface area contributed by atoms with Crippen LogP contribution in [0.1, 0.15) is 28.8 Å². The van der Waals surface area contributed by atoms with E-state index in [0.717, 1.165) is 38.0 Å². The molecule has 0 aliphatic carbocycles. The maximum atomic E-state index is 12.2. The number of likely N-dealkylation sites (tertiary alicyclic amines) is 1. The van der Waals surface area contributed by atoms with Crippen LogP contribution < -0.4 is 0 Å². The number of pyridine rings is 1. The van der Waals surface area contributed by atoms with Gasteiger partial charge >= 0.3 is 0 Å². The minimum atomic E-state index is 0.114. The fourth-order valence-corrected chi connectivity index (χ4v) is 3.32. The third-order valence-electron chi connectivity index (χ3n) is 4.45. The topological polar surface area (TPSA) is 36.4 Å². The Morgan fingerprint density at radius 3 is 2.72 bits per heavy atom. The molecule has 96 valence electrons. The SMILES string of the molecule is CN1CCC2(CC1)CN(C)C(=O)c1cnccc12. The zero-order valence-electron chi connectivity index (χ0n) is 11.0. The first kappa shape index (κ1) is 11.7. The zero-order valence-corrected chi connectivity index (χ0v) is 11.0. The molecule has 1 saturated heterocycles. The van der Waals surface area contributed by atoms with E-state index in [1.165, 1.54) is 5.56 Å². The molecule has 3 rings (SSSR count). The van der Waals surface area contributed by atoms with Crippen LogP contribution >= 0.6 is 0 Å². The van der Waals surface area contributed by atoms with E-state index < -0.39 is 0 Å². The van der Waals surface area contributed by atoms with Gasteiger partial charge in [0.05, 0.1) is 5.56 Å². The molecule has 0 N–H and O–H groups in total. The molecule has 0 radical (unpaired) electrons. The van der Waals surface area contributed by atoms with Crippen LogP contribution in [0, 0.1) is 0 Å². The fourth-order valence-electron chi connectivity index (χ4n) is 3.32. The second-order valence-electron chi connectivity index (χ2n) is 5.67. The Bertz CT molecular complexity index is 478. The maximum Gasteiger partial charge on any atom is 0.255 e. The predicted molar refractivity (Wildman–Crippen MR) is 69.6 cm³/mol. The first-order valence-electron chi connectivity index (χ1n) is 6.51. The molecule has 2 aliphatic heterocycles. The Morgan fingerprint density at radius 2 is 2.00 bits per heavy atom. The van der Waals surface area contributed by atoms with Crippen LogP contribution in [0.4, 0.5) is 0 Å². The van der Waals surface area contributed by atoms with Crippen LogP contribution in [-0.2, 0) is 5.41 Å². The smallest absolute Gasteiger partial charge is 0.255 e. The van der Waals surface area contributed by atoms with Crippen molar-refractivity contribution in [1.29, 1.82) is 0 Å². The predicted octanol–water partition coefficient (Wildman–Crippen LogP) is 1.13. The first-order chi connectivity index (χ1) is 8.62. The number of rotatable bonds is 0. The average Bonchev–Trinajstić information content (AvgIpc) is 2.40. The van der Waals surface area contributed by atoms with Gasteiger partial charge in [0.15, 0.2) is 0 Å². The lowest BCUT2D eigenvalue weighted by molar-refractivity contribution is 0.0657. The van der Waals surface area contributed by atoms with E-state index in [0.29, 0.717) is 0 Å². The molecule has 1 amide bonds. The van der Waals surface area contributed by atoms with Crippen molar-refractivity contribution in [2.45, 2.75) is 18.3 Å². The van der Waals surface area contributed by atoms with Crippen molar-refractivity contribution in [2.24, 2.45) is 0 Å². The molecule has 0 aromatic carbocycles. The molecule has 1 aromatic rings. The summed E-state index contributed by atoms with van der Waals surface area (Å²) in [6.07, 6.45) is 5.79. The van der Waals surface area contributed by atoms with Gasteiger partial charge in [-0.1, -0.05) is 0 Å². The van der Waals surface area contributed by atoms with Crippen LogP contribution in [0.2, 0.25) is 0 Å². The van der Waals surface area contributed by atoms with Crippen molar-refractivity contribution < 1.29 is 4.79 Å². The van der Waals surface area contributed by atoms with Crippen LogP contribution in [-0.4, -0.2) is 54.4 Å². The van der Waals surface area contributed by atoms with Gasteiger partial charge in [0.2, 0.25) is 0 Å². The summed E-state index contributed by atoms with van der Waals surface area (Å²) >= 11 is 0. The Kier molecular flexibility index (Phi) is 2.63. The van der Waals surface area contributed by atoms with Gasteiger partial charge in [0.25, 0.3) is 5.91 Å². The highest BCUT2D eigenvalue weighted by Gasteiger charge is 2.43. The maximum absolute atomic E-state index is 12.2. The Hall–Kier alpha value is -1.42. The van der Waals surface area contributed by atoms with E-state index in [4.69, 9.17) is 0 Å². The number of fused-ring (bicyclic) bond motifs is 2. The molecule has 18 heavy (non-hydrogen) atoms. The number of hydrogen-bond acceptors (Lipinski definition) is 3. The van der Waals surface area contributed by atoms with Crippen LogP contribution in [0.3, 0.4) is 0 Å². The highest BCUT2D eigenvalue weighted by molar-refractivity contribution is 5.97. The molecule has 1 aromatic heterocycles. The van der Waals surface area contributed by atoms with E-state index in [1.54, 1.807) is 6.20 Å². The summed E-state index contributed by atoms with van der Waals surface area (Å²) in [7, 11) is 4.07. The Morgan fingerprint density at radius 1 is 1.28 bits per heavy atom. The van der Waals surface area contributed by atoms with Gasteiger partial charge < -0.3 is 9.80 Å². The Balaban J connectivity index is 2.06. The fraction of sp³-hybridized carbons (Fsp3) is 0.571. The molecule has 0 unspecified atom stereocenters. The van der Waals surface area contributed by atoms with Gasteiger partial charge in [-0.3, -0.25) is 9.78 Å². The van der Waals surface area contributed by atoms with Gasteiger partial charge in [-0.2, -0.15) is 0 Å². The van der Waals surface area contributed by atoms with Crippen molar-refractivity contribution in [1.82, 2.24) is 14.8 Å². The lowest BCUT2D eigenvalue weighted by Gasteiger charge is -2.46. The third-order valence-corrected chi connectivity index (χ3v) is 4.45. The lowest BCUT2D eigenvalue weighted by atomic mass is 9.69. The van der Waals surface area contributed by atoms with E-state index >= 15 is 0 Å². The number of amides is 1. The summed E-state index contributed by atoms with van der Waals surface area (Å²) < 4.78 is 0. The summed E-state index contributed by atoms with van der Waals surface area (Å²) in [4.78, 5) is 20.5. The summed E-state index contributed by atoms with van der Waals surface area (Å²) in [5.41, 5.74) is 2.16. The minimum absolute atomic E-state index is 0.114. The Labute approximate surface area is 108 Å². The van der Waals surface area contributed by atoms with Crippen LogP contribution in [0.15, 0.2) is 18.5 Å². The van der Waals surface area contributed by atoms with Crippen molar-refractivity contribution in [2.75, 3.05) is 33.7 Å². The van der Waals surface area contributed by atoms with Crippen molar-refractivity contribution >= 4 is 5.91 Å². The highest BCUT2D eigenvalue weighted by Crippen LogP contribution is 2.40. The number of aromatic nitrogens is 1. The molecule has 3 heterocycles. The zero-order chi connectivity index (χ0) is 12.8. The molecule has 1 fully saturated rings. The summed E-state index contributed by atoms with van der Waals surface area (Å²) in [5, 5.41) is 0. The highest BCUT2D eigenvalue weighted by atomic mass is 16.2. The van der Waals surface area contributed by atoms with Gasteiger partial charge in [-0.25, -0.2) is 0 Å². The second-order valence-corrected chi connectivity index (χ2v) is 5.67. The van der Waals surface area contributed by atoms with E-state index in [-0.39, 0.29) is 11.3 Å². The summed E-state index contributed by atoms with van der Waals surface area (Å²) in [6, 6.07) is 2.05. The number of carbonyl (C=O) groups is 1.